The summed E-state index contributed by atoms with van der Waals surface area (Å²) >= 11 is 0. The number of hydrogen-bond donors (Lipinski definition) is 0. The molecule has 0 saturated carbocycles. The third-order valence-electron chi connectivity index (χ3n) is 4.63. The predicted molar refractivity (Wildman–Crippen MR) is 89.6 cm³/mol. The number of carbonyl (C=O) groups is 1. The van der Waals surface area contributed by atoms with Gasteiger partial charge in [0.15, 0.2) is 0 Å². The summed E-state index contributed by atoms with van der Waals surface area (Å²) in [4.78, 5) is 14.2. The van der Waals surface area contributed by atoms with E-state index >= 15 is 0 Å². The minimum atomic E-state index is -0.292. The van der Waals surface area contributed by atoms with Gasteiger partial charge in [-0.2, -0.15) is 0 Å². The molecule has 0 aromatic heterocycles. The fraction of sp³-hybridized carbons (Fsp3) is 0.350. The van der Waals surface area contributed by atoms with Crippen LogP contribution in [-0.2, 0) is 17.6 Å². The van der Waals surface area contributed by atoms with E-state index in [9.17, 15) is 9.18 Å². The molecule has 23 heavy (non-hydrogen) atoms. The van der Waals surface area contributed by atoms with Gasteiger partial charge in [0.05, 0.1) is 6.42 Å². The average Bonchev–Trinajstić information content (AvgIpc) is 2.58. The highest BCUT2D eigenvalue weighted by Crippen LogP contribution is 2.22. The normalized spacial score (nSPS) is 15.6. The summed E-state index contributed by atoms with van der Waals surface area (Å²) in [7, 11) is 0. The zero-order valence-electron chi connectivity index (χ0n) is 13.2. The Balaban J connectivity index is 1.50. The summed E-state index contributed by atoms with van der Waals surface area (Å²) < 4.78 is 13.7. The van der Waals surface area contributed by atoms with Crippen molar-refractivity contribution < 1.29 is 9.18 Å². The third-order valence-corrected chi connectivity index (χ3v) is 4.63. The van der Waals surface area contributed by atoms with Crippen LogP contribution in [-0.4, -0.2) is 23.9 Å². The van der Waals surface area contributed by atoms with E-state index in [0.717, 1.165) is 32.4 Å². The lowest BCUT2D eigenvalue weighted by atomic mass is 9.90. The zero-order valence-corrected chi connectivity index (χ0v) is 13.2. The van der Waals surface area contributed by atoms with Gasteiger partial charge in [0.2, 0.25) is 5.91 Å². The topological polar surface area (TPSA) is 20.3 Å². The number of benzene rings is 2. The lowest BCUT2D eigenvalue weighted by Gasteiger charge is -2.32. The maximum atomic E-state index is 13.7. The maximum absolute atomic E-state index is 13.7. The van der Waals surface area contributed by atoms with Gasteiger partial charge >= 0.3 is 0 Å². The van der Waals surface area contributed by atoms with Gasteiger partial charge in [0.1, 0.15) is 5.82 Å². The van der Waals surface area contributed by atoms with Gasteiger partial charge in [-0.3, -0.25) is 4.79 Å². The first-order valence-corrected chi connectivity index (χ1v) is 8.27. The first-order chi connectivity index (χ1) is 11.2. The van der Waals surface area contributed by atoms with Gasteiger partial charge in [-0.05, 0) is 42.4 Å². The lowest BCUT2D eigenvalue weighted by Crippen LogP contribution is -2.39. The summed E-state index contributed by atoms with van der Waals surface area (Å²) in [5, 5.41) is 0. The van der Waals surface area contributed by atoms with Gasteiger partial charge in [0, 0.05) is 13.1 Å². The van der Waals surface area contributed by atoms with Gasteiger partial charge in [-0.25, -0.2) is 4.39 Å². The molecule has 2 aromatic rings. The number of rotatable bonds is 4. The molecule has 0 bridgehead atoms. The van der Waals surface area contributed by atoms with Crippen LogP contribution >= 0.6 is 0 Å². The van der Waals surface area contributed by atoms with Crippen LogP contribution in [0.2, 0.25) is 0 Å². The molecule has 0 N–H and O–H groups in total. The van der Waals surface area contributed by atoms with Crippen molar-refractivity contribution in [3.05, 3.63) is 71.5 Å². The van der Waals surface area contributed by atoms with Gasteiger partial charge in [-0.15, -0.1) is 0 Å². The molecule has 120 valence electrons. The molecule has 0 radical (unpaired) electrons. The standard InChI is InChI=1S/C20H22FNO/c21-19-9-5-4-8-18(19)15-20(23)22-12-10-17(11-13-22)14-16-6-2-1-3-7-16/h1-9,17H,10-15H2. The smallest absolute Gasteiger partial charge is 0.227 e. The van der Waals surface area contributed by atoms with Crippen LogP contribution < -0.4 is 0 Å². The Hall–Kier alpha value is -2.16. The van der Waals surface area contributed by atoms with E-state index in [1.807, 2.05) is 11.0 Å². The molecule has 0 unspecified atom stereocenters. The molecule has 1 heterocycles. The van der Waals surface area contributed by atoms with E-state index in [1.165, 1.54) is 11.6 Å². The molecular weight excluding hydrogens is 289 g/mol. The van der Waals surface area contributed by atoms with E-state index < -0.39 is 0 Å². The fourth-order valence-corrected chi connectivity index (χ4v) is 3.25. The number of likely N-dealkylation sites (tertiary alicyclic amines) is 1. The monoisotopic (exact) mass is 311 g/mol. The molecule has 0 spiro atoms. The van der Waals surface area contributed by atoms with Crippen molar-refractivity contribution in [3.8, 4) is 0 Å². The Morgan fingerprint density at radius 3 is 2.35 bits per heavy atom. The molecule has 1 saturated heterocycles. The molecule has 1 aliphatic heterocycles. The van der Waals surface area contributed by atoms with Crippen molar-refractivity contribution in [1.29, 1.82) is 0 Å². The van der Waals surface area contributed by atoms with E-state index in [1.54, 1.807) is 18.2 Å². The van der Waals surface area contributed by atoms with E-state index in [-0.39, 0.29) is 18.1 Å². The highest BCUT2D eigenvalue weighted by atomic mass is 19.1. The number of nitrogens with zero attached hydrogens (tertiary/aromatic N) is 1. The quantitative estimate of drug-likeness (QED) is 0.840. The molecule has 1 aliphatic rings. The largest absolute Gasteiger partial charge is 0.342 e. The van der Waals surface area contributed by atoms with Crippen LogP contribution in [0, 0.1) is 11.7 Å². The lowest BCUT2D eigenvalue weighted by molar-refractivity contribution is -0.131. The second-order valence-electron chi connectivity index (χ2n) is 6.28. The van der Waals surface area contributed by atoms with Crippen molar-refractivity contribution in [3.63, 3.8) is 0 Å². The maximum Gasteiger partial charge on any atom is 0.227 e. The minimum Gasteiger partial charge on any atom is -0.342 e. The van der Waals surface area contributed by atoms with Crippen LogP contribution in [0.1, 0.15) is 24.0 Å². The van der Waals surface area contributed by atoms with Gasteiger partial charge in [0.25, 0.3) is 0 Å². The Morgan fingerprint density at radius 2 is 1.65 bits per heavy atom. The number of halogens is 1. The number of amides is 1. The Kier molecular flexibility index (Phi) is 5.06. The van der Waals surface area contributed by atoms with Crippen molar-refractivity contribution in [2.75, 3.05) is 13.1 Å². The highest BCUT2D eigenvalue weighted by molar-refractivity contribution is 5.78. The number of carbonyl (C=O) groups excluding carboxylic acids is 1. The second-order valence-corrected chi connectivity index (χ2v) is 6.28. The average molecular weight is 311 g/mol. The van der Waals surface area contributed by atoms with Crippen LogP contribution in [0.15, 0.2) is 54.6 Å². The predicted octanol–water partition coefficient (Wildman–Crippen LogP) is 3.85. The molecule has 1 amide bonds. The number of hydrogen-bond acceptors (Lipinski definition) is 1. The molecule has 2 nitrogen and oxygen atoms in total. The summed E-state index contributed by atoms with van der Waals surface area (Å²) in [6.45, 7) is 1.57. The highest BCUT2D eigenvalue weighted by Gasteiger charge is 2.23. The minimum absolute atomic E-state index is 0.0354. The third kappa shape index (κ3) is 4.19. The Bertz CT molecular complexity index is 648. The first kappa shape index (κ1) is 15.7. The van der Waals surface area contributed by atoms with Crippen molar-refractivity contribution >= 4 is 5.91 Å². The summed E-state index contributed by atoms with van der Waals surface area (Å²) in [6, 6.07) is 17.0. The van der Waals surface area contributed by atoms with Gasteiger partial charge < -0.3 is 4.90 Å². The van der Waals surface area contributed by atoms with E-state index in [0.29, 0.717) is 11.5 Å². The van der Waals surface area contributed by atoms with Gasteiger partial charge in [-0.1, -0.05) is 48.5 Å². The van der Waals surface area contributed by atoms with Crippen molar-refractivity contribution in [2.24, 2.45) is 5.92 Å². The molecule has 1 fully saturated rings. The van der Waals surface area contributed by atoms with Crippen LogP contribution in [0.25, 0.3) is 0 Å². The van der Waals surface area contributed by atoms with E-state index in [2.05, 4.69) is 24.3 Å². The SMILES string of the molecule is O=C(Cc1ccccc1F)N1CCC(Cc2ccccc2)CC1. The zero-order chi connectivity index (χ0) is 16.1. The van der Waals surface area contributed by atoms with Crippen molar-refractivity contribution in [2.45, 2.75) is 25.7 Å². The fourth-order valence-electron chi connectivity index (χ4n) is 3.25. The number of piperidine rings is 1. The van der Waals surface area contributed by atoms with Crippen LogP contribution in [0.5, 0.6) is 0 Å². The van der Waals surface area contributed by atoms with Crippen molar-refractivity contribution in [1.82, 2.24) is 4.90 Å². The summed E-state index contributed by atoms with van der Waals surface area (Å²) in [5.74, 6) is 0.378. The molecular formula is C20H22FNO. The first-order valence-electron chi connectivity index (χ1n) is 8.27. The molecule has 3 rings (SSSR count). The molecule has 2 aromatic carbocycles. The van der Waals surface area contributed by atoms with Crippen LogP contribution in [0.4, 0.5) is 4.39 Å². The molecule has 3 heteroatoms. The Morgan fingerprint density at radius 1 is 1.00 bits per heavy atom. The second kappa shape index (κ2) is 7.40. The van der Waals surface area contributed by atoms with E-state index in [4.69, 9.17) is 0 Å². The molecule has 0 atom stereocenters. The summed E-state index contributed by atoms with van der Waals surface area (Å²) in [6.07, 6.45) is 3.29. The van der Waals surface area contributed by atoms with Crippen LogP contribution in [0.3, 0.4) is 0 Å². The Labute approximate surface area is 136 Å². The molecule has 0 aliphatic carbocycles. The summed E-state index contributed by atoms with van der Waals surface area (Å²) in [5.41, 5.74) is 1.85.